The first-order valence-corrected chi connectivity index (χ1v) is 8.64. The van der Waals surface area contributed by atoms with Gasteiger partial charge in [-0.15, -0.1) is 48.6 Å². The van der Waals surface area contributed by atoms with E-state index in [9.17, 15) is 4.79 Å². The van der Waals surface area contributed by atoms with Crippen LogP contribution in [-0.4, -0.2) is 51.9 Å². The molecule has 6 nitrogen and oxygen atoms in total. The number of thiazole rings is 1. The number of rotatable bonds is 4. The monoisotopic (exact) mass is 439 g/mol. The van der Waals surface area contributed by atoms with Crippen molar-refractivity contribution in [1.29, 1.82) is 0 Å². The molecule has 146 valence electrons. The van der Waals surface area contributed by atoms with Gasteiger partial charge in [-0.1, -0.05) is 6.07 Å². The SMILES string of the molecule is CC(c1cccnc1)N1CCN(C(=O)c2csc(CN)n2)CC1.Cl.Cl.Cl. The van der Waals surface area contributed by atoms with Gasteiger partial charge in [0.15, 0.2) is 0 Å². The maximum atomic E-state index is 12.5. The number of carbonyl (C=O) groups is 1. The summed E-state index contributed by atoms with van der Waals surface area (Å²) in [6.07, 6.45) is 3.70. The number of aromatic nitrogens is 2. The number of amides is 1. The predicted octanol–water partition coefficient (Wildman–Crippen LogP) is 2.78. The molecule has 1 aliphatic rings. The van der Waals surface area contributed by atoms with E-state index in [1.165, 1.54) is 16.9 Å². The quantitative estimate of drug-likeness (QED) is 0.791. The Morgan fingerprint density at radius 2 is 1.96 bits per heavy atom. The Kier molecular flexibility index (Phi) is 11.3. The summed E-state index contributed by atoms with van der Waals surface area (Å²) in [7, 11) is 0. The van der Waals surface area contributed by atoms with Crippen molar-refractivity contribution >= 4 is 54.5 Å². The number of hydrogen-bond donors (Lipinski definition) is 1. The van der Waals surface area contributed by atoms with Gasteiger partial charge in [0.25, 0.3) is 5.91 Å². The molecule has 0 spiro atoms. The maximum Gasteiger partial charge on any atom is 0.273 e. The lowest BCUT2D eigenvalue weighted by molar-refractivity contribution is 0.0577. The van der Waals surface area contributed by atoms with Crippen molar-refractivity contribution < 1.29 is 4.79 Å². The molecule has 0 aliphatic carbocycles. The van der Waals surface area contributed by atoms with Crippen molar-refractivity contribution in [3.63, 3.8) is 0 Å². The average Bonchev–Trinajstić information content (AvgIpc) is 3.10. The molecule has 1 unspecified atom stereocenters. The average molecular weight is 441 g/mol. The molecular formula is C16H24Cl3N5OS. The number of halogens is 3. The van der Waals surface area contributed by atoms with Gasteiger partial charge in [0.05, 0.1) is 0 Å². The Bertz CT molecular complexity index is 665. The Morgan fingerprint density at radius 1 is 1.27 bits per heavy atom. The Morgan fingerprint density at radius 3 is 2.50 bits per heavy atom. The lowest BCUT2D eigenvalue weighted by Gasteiger charge is -2.37. The van der Waals surface area contributed by atoms with Crippen molar-refractivity contribution in [2.75, 3.05) is 26.2 Å². The molecular weight excluding hydrogens is 417 g/mol. The van der Waals surface area contributed by atoms with Crippen LogP contribution in [0.4, 0.5) is 0 Å². The van der Waals surface area contributed by atoms with Crippen LogP contribution < -0.4 is 5.73 Å². The van der Waals surface area contributed by atoms with E-state index < -0.39 is 0 Å². The van der Waals surface area contributed by atoms with E-state index in [0.29, 0.717) is 18.3 Å². The molecule has 3 heterocycles. The molecule has 1 saturated heterocycles. The fourth-order valence-corrected chi connectivity index (χ4v) is 3.46. The first-order valence-electron chi connectivity index (χ1n) is 7.76. The summed E-state index contributed by atoms with van der Waals surface area (Å²) in [5.74, 6) is 0.00892. The number of nitrogens with two attached hydrogens (primary N) is 1. The molecule has 0 radical (unpaired) electrons. The van der Waals surface area contributed by atoms with E-state index in [2.05, 4.69) is 27.9 Å². The number of carbonyl (C=O) groups excluding carboxylic acids is 1. The van der Waals surface area contributed by atoms with E-state index in [0.717, 1.165) is 31.2 Å². The van der Waals surface area contributed by atoms with Gasteiger partial charge in [-0.3, -0.25) is 14.7 Å². The number of piperazine rings is 1. The highest BCUT2D eigenvalue weighted by atomic mass is 35.5. The highest BCUT2D eigenvalue weighted by Gasteiger charge is 2.26. The van der Waals surface area contributed by atoms with Crippen molar-refractivity contribution in [1.82, 2.24) is 19.8 Å². The molecule has 26 heavy (non-hydrogen) atoms. The third kappa shape index (κ3) is 5.77. The van der Waals surface area contributed by atoms with Crippen LogP contribution in [0.15, 0.2) is 29.9 Å². The second-order valence-electron chi connectivity index (χ2n) is 5.62. The zero-order valence-electron chi connectivity index (χ0n) is 14.4. The molecule has 2 aromatic heterocycles. The zero-order valence-corrected chi connectivity index (χ0v) is 17.7. The van der Waals surface area contributed by atoms with Gasteiger partial charge < -0.3 is 10.6 Å². The molecule has 2 aromatic rings. The van der Waals surface area contributed by atoms with Crippen molar-refractivity contribution in [3.05, 3.63) is 46.2 Å². The lowest BCUT2D eigenvalue weighted by Crippen LogP contribution is -2.49. The molecule has 1 aliphatic heterocycles. The van der Waals surface area contributed by atoms with Crippen LogP contribution in [0.25, 0.3) is 0 Å². The smallest absolute Gasteiger partial charge is 0.273 e. The van der Waals surface area contributed by atoms with E-state index in [4.69, 9.17) is 5.73 Å². The standard InChI is InChI=1S/C16H21N5OS.3ClH/c1-12(13-3-2-4-18-10-13)20-5-7-21(8-6-20)16(22)14-11-23-15(9-17)19-14;;;/h2-4,10-12H,5-9,17H2,1H3;3*1H. The third-order valence-corrected chi connectivity index (χ3v) is 5.13. The fraction of sp³-hybridized carbons (Fsp3) is 0.438. The van der Waals surface area contributed by atoms with E-state index >= 15 is 0 Å². The van der Waals surface area contributed by atoms with Crippen LogP contribution in [0.3, 0.4) is 0 Å². The molecule has 0 saturated carbocycles. The summed E-state index contributed by atoms with van der Waals surface area (Å²) in [4.78, 5) is 25.2. The minimum absolute atomic E-state index is 0. The van der Waals surface area contributed by atoms with Gasteiger partial charge in [-0.05, 0) is 18.6 Å². The van der Waals surface area contributed by atoms with Crippen molar-refractivity contribution in [3.8, 4) is 0 Å². The summed E-state index contributed by atoms with van der Waals surface area (Å²) >= 11 is 1.44. The Hall–Kier alpha value is -0.960. The summed E-state index contributed by atoms with van der Waals surface area (Å²) in [5, 5.41) is 2.60. The molecule has 3 rings (SSSR count). The predicted molar refractivity (Wildman–Crippen MR) is 112 cm³/mol. The highest BCUT2D eigenvalue weighted by Crippen LogP contribution is 2.21. The third-order valence-electron chi connectivity index (χ3n) is 4.26. The Balaban J connectivity index is 0.00000208. The van der Waals surface area contributed by atoms with Crippen molar-refractivity contribution in [2.45, 2.75) is 19.5 Å². The second-order valence-corrected chi connectivity index (χ2v) is 6.56. The van der Waals surface area contributed by atoms with Crippen LogP contribution in [-0.2, 0) is 6.54 Å². The van der Waals surface area contributed by atoms with Gasteiger partial charge in [0.1, 0.15) is 10.7 Å². The zero-order chi connectivity index (χ0) is 16.2. The lowest BCUT2D eigenvalue weighted by atomic mass is 10.1. The summed E-state index contributed by atoms with van der Waals surface area (Å²) in [5.41, 5.74) is 7.29. The number of hydrogen-bond acceptors (Lipinski definition) is 6. The van der Waals surface area contributed by atoms with Gasteiger partial charge in [-0.25, -0.2) is 4.98 Å². The van der Waals surface area contributed by atoms with Crippen LogP contribution in [0, 0.1) is 0 Å². The first-order chi connectivity index (χ1) is 11.2. The van der Waals surface area contributed by atoms with Gasteiger partial charge in [-0.2, -0.15) is 0 Å². The molecule has 1 amide bonds. The molecule has 10 heteroatoms. The molecule has 0 aromatic carbocycles. The molecule has 1 fully saturated rings. The van der Waals surface area contributed by atoms with E-state index in [-0.39, 0.29) is 43.1 Å². The molecule has 0 bridgehead atoms. The van der Waals surface area contributed by atoms with Gasteiger partial charge >= 0.3 is 0 Å². The topological polar surface area (TPSA) is 75.4 Å². The minimum atomic E-state index is 0. The fourth-order valence-electron chi connectivity index (χ4n) is 2.81. The molecule has 1 atom stereocenters. The number of pyridine rings is 1. The summed E-state index contributed by atoms with van der Waals surface area (Å²) < 4.78 is 0. The van der Waals surface area contributed by atoms with Crippen LogP contribution in [0.1, 0.15) is 34.0 Å². The largest absolute Gasteiger partial charge is 0.335 e. The van der Waals surface area contributed by atoms with Crippen LogP contribution in [0.5, 0.6) is 0 Å². The molecule has 2 N–H and O–H groups in total. The Labute approximate surface area is 176 Å². The van der Waals surface area contributed by atoms with E-state index in [1.54, 1.807) is 11.6 Å². The number of nitrogens with zero attached hydrogens (tertiary/aromatic N) is 4. The van der Waals surface area contributed by atoms with Crippen LogP contribution >= 0.6 is 48.6 Å². The highest BCUT2D eigenvalue weighted by molar-refractivity contribution is 7.09. The second kappa shape index (κ2) is 11.7. The van der Waals surface area contributed by atoms with Gasteiger partial charge in [0, 0.05) is 56.5 Å². The van der Waals surface area contributed by atoms with Crippen LogP contribution in [0.2, 0.25) is 0 Å². The van der Waals surface area contributed by atoms with Crippen molar-refractivity contribution in [2.24, 2.45) is 5.73 Å². The van der Waals surface area contributed by atoms with Gasteiger partial charge in [0.2, 0.25) is 0 Å². The minimum Gasteiger partial charge on any atom is -0.335 e. The summed E-state index contributed by atoms with van der Waals surface area (Å²) in [6.45, 7) is 5.72. The van der Waals surface area contributed by atoms with E-state index in [1.807, 2.05) is 17.2 Å². The normalized spacial score (nSPS) is 15.2. The summed E-state index contributed by atoms with van der Waals surface area (Å²) in [6, 6.07) is 4.37. The first kappa shape index (κ1) is 25.0. The maximum absolute atomic E-state index is 12.5.